The molecule has 0 unspecified atom stereocenters. The Balaban J connectivity index is 1.55. The number of amides is 2. The van der Waals surface area contributed by atoms with Crippen LogP contribution in [0.3, 0.4) is 0 Å². The molecule has 0 saturated carbocycles. The van der Waals surface area contributed by atoms with Crippen molar-refractivity contribution in [2.24, 2.45) is 0 Å². The number of aromatic nitrogens is 2. The van der Waals surface area contributed by atoms with Crippen molar-refractivity contribution in [3.8, 4) is 0 Å². The minimum Gasteiger partial charge on any atom is -0.301 e. The molecule has 6 nitrogen and oxygen atoms in total. The number of nitrogens with zero attached hydrogens (tertiary/aromatic N) is 3. The van der Waals surface area contributed by atoms with Crippen LogP contribution in [0.25, 0.3) is 6.08 Å². The van der Waals surface area contributed by atoms with E-state index in [1.54, 1.807) is 12.1 Å². The number of halogens is 1. The second-order valence-electron chi connectivity index (χ2n) is 5.63. The van der Waals surface area contributed by atoms with Gasteiger partial charge in [-0.1, -0.05) is 65.1 Å². The molecule has 3 rings (SSSR count). The van der Waals surface area contributed by atoms with Crippen LogP contribution >= 0.6 is 46.9 Å². The number of anilines is 1. The quantitative estimate of drug-likeness (QED) is 0.540. The molecule has 140 valence electrons. The highest BCUT2D eigenvalue weighted by Gasteiger charge is 2.31. The van der Waals surface area contributed by atoms with Crippen LogP contribution < -0.4 is 5.32 Å². The van der Waals surface area contributed by atoms with Crippen molar-refractivity contribution in [3.05, 3.63) is 44.8 Å². The van der Waals surface area contributed by atoms with Gasteiger partial charge in [-0.15, -0.1) is 10.2 Å². The Morgan fingerprint density at radius 1 is 1.37 bits per heavy atom. The fourth-order valence-corrected chi connectivity index (χ4v) is 4.45. The number of carbonyl (C=O) groups excluding carboxylic acids is 2. The summed E-state index contributed by atoms with van der Waals surface area (Å²) < 4.78 is 0.485. The second kappa shape index (κ2) is 8.92. The number of aryl methyl sites for hydroxylation is 1. The molecule has 0 aliphatic carbocycles. The summed E-state index contributed by atoms with van der Waals surface area (Å²) >= 11 is 14.0. The molecule has 1 aromatic heterocycles. The van der Waals surface area contributed by atoms with Gasteiger partial charge in [-0.2, -0.15) is 0 Å². The average Bonchev–Trinajstić information content (AvgIpc) is 3.14. The van der Waals surface area contributed by atoms with Crippen LogP contribution in [-0.2, 0) is 9.59 Å². The van der Waals surface area contributed by atoms with E-state index in [-0.39, 0.29) is 18.2 Å². The van der Waals surface area contributed by atoms with E-state index in [2.05, 4.69) is 15.5 Å². The lowest BCUT2D eigenvalue weighted by Gasteiger charge is -2.13. The minimum absolute atomic E-state index is 0.162. The zero-order valence-corrected chi connectivity index (χ0v) is 17.5. The maximum atomic E-state index is 12.6. The molecule has 10 heteroatoms. The molecule has 1 fully saturated rings. The molecule has 0 radical (unpaired) electrons. The van der Waals surface area contributed by atoms with Crippen molar-refractivity contribution in [1.82, 2.24) is 15.1 Å². The molecule has 1 aliphatic heterocycles. The monoisotopic (exact) mass is 438 g/mol. The predicted octanol–water partition coefficient (Wildman–Crippen LogP) is 4.12. The van der Waals surface area contributed by atoms with Crippen LogP contribution in [0.1, 0.15) is 23.4 Å². The highest BCUT2D eigenvalue weighted by Crippen LogP contribution is 2.33. The Morgan fingerprint density at radius 2 is 2.15 bits per heavy atom. The van der Waals surface area contributed by atoms with Gasteiger partial charge in [-0.05, 0) is 31.1 Å². The topological polar surface area (TPSA) is 75.2 Å². The molecular formula is C17H15ClN4O2S3. The van der Waals surface area contributed by atoms with Gasteiger partial charge in [0.15, 0.2) is 0 Å². The van der Waals surface area contributed by atoms with E-state index in [1.165, 1.54) is 28.0 Å². The summed E-state index contributed by atoms with van der Waals surface area (Å²) in [5.74, 6) is -0.326. The first-order chi connectivity index (χ1) is 12.9. The highest BCUT2D eigenvalue weighted by atomic mass is 35.5. The average molecular weight is 439 g/mol. The SMILES string of the molecule is Cc1nnc(NC(=O)CCCN2C(=O)C(=Cc3ccccc3Cl)SC2=S)s1. The molecule has 1 N–H and O–H groups in total. The molecule has 0 atom stereocenters. The fraction of sp³-hybridized carbons (Fsp3) is 0.235. The summed E-state index contributed by atoms with van der Waals surface area (Å²) in [6.07, 6.45) is 2.50. The summed E-state index contributed by atoms with van der Waals surface area (Å²) in [5, 5.41) is 12.2. The zero-order chi connectivity index (χ0) is 19.4. The van der Waals surface area contributed by atoms with Gasteiger partial charge in [0, 0.05) is 18.0 Å². The van der Waals surface area contributed by atoms with E-state index in [4.69, 9.17) is 23.8 Å². The molecule has 0 spiro atoms. The highest BCUT2D eigenvalue weighted by molar-refractivity contribution is 8.26. The third-order valence-electron chi connectivity index (χ3n) is 3.62. The zero-order valence-electron chi connectivity index (χ0n) is 14.3. The number of hydrogen-bond acceptors (Lipinski definition) is 7. The number of benzene rings is 1. The number of hydrogen-bond donors (Lipinski definition) is 1. The van der Waals surface area contributed by atoms with Gasteiger partial charge < -0.3 is 5.32 Å². The van der Waals surface area contributed by atoms with E-state index < -0.39 is 0 Å². The van der Waals surface area contributed by atoms with Crippen molar-refractivity contribution in [3.63, 3.8) is 0 Å². The normalized spacial score (nSPS) is 15.6. The van der Waals surface area contributed by atoms with Gasteiger partial charge in [0.05, 0.1) is 4.91 Å². The lowest BCUT2D eigenvalue weighted by Crippen LogP contribution is -2.29. The Hall–Kier alpha value is -1.81. The third-order valence-corrected chi connectivity index (χ3v) is 6.10. The fourth-order valence-electron chi connectivity index (χ4n) is 2.35. The number of thioether (sulfide) groups is 1. The Bertz CT molecular complexity index is 928. The van der Waals surface area contributed by atoms with E-state index in [0.29, 0.717) is 32.3 Å². The summed E-state index contributed by atoms with van der Waals surface area (Å²) in [4.78, 5) is 26.6. The molecule has 2 heterocycles. The number of rotatable bonds is 6. The Morgan fingerprint density at radius 3 is 2.85 bits per heavy atom. The van der Waals surface area contributed by atoms with Crippen LogP contribution in [0.5, 0.6) is 0 Å². The van der Waals surface area contributed by atoms with Gasteiger partial charge >= 0.3 is 0 Å². The van der Waals surface area contributed by atoms with Gasteiger partial charge in [0.2, 0.25) is 11.0 Å². The van der Waals surface area contributed by atoms with Crippen LogP contribution in [0, 0.1) is 6.92 Å². The molecule has 2 aromatic rings. The number of thiocarbonyl (C=S) groups is 1. The van der Waals surface area contributed by atoms with Crippen molar-refractivity contribution in [2.45, 2.75) is 19.8 Å². The standard InChI is InChI=1S/C17H15ClN4O2S3/c1-10-20-21-16(26-10)19-14(23)7-4-8-22-15(24)13(27-17(22)25)9-11-5-2-3-6-12(11)18/h2-3,5-6,9H,4,7-8H2,1H3,(H,19,21,23). The minimum atomic E-state index is -0.164. The van der Waals surface area contributed by atoms with Gasteiger partial charge in [0.25, 0.3) is 5.91 Å². The third kappa shape index (κ3) is 5.13. The maximum absolute atomic E-state index is 12.6. The molecule has 2 amide bonds. The van der Waals surface area contributed by atoms with Gasteiger partial charge in [0.1, 0.15) is 9.33 Å². The summed E-state index contributed by atoms with van der Waals surface area (Å²) in [6, 6.07) is 7.30. The van der Waals surface area contributed by atoms with E-state index in [1.807, 2.05) is 25.1 Å². The van der Waals surface area contributed by atoms with Crippen LogP contribution in [0.15, 0.2) is 29.2 Å². The van der Waals surface area contributed by atoms with Crippen molar-refractivity contribution < 1.29 is 9.59 Å². The smallest absolute Gasteiger partial charge is 0.266 e. The van der Waals surface area contributed by atoms with Gasteiger partial charge in [-0.25, -0.2) is 0 Å². The van der Waals surface area contributed by atoms with Crippen molar-refractivity contribution >= 4 is 74.3 Å². The van der Waals surface area contributed by atoms with E-state index >= 15 is 0 Å². The first-order valence-corrected chi connectivity index (χ1v) is 10.5. The Labute approximate surface area is 175 Å². The van der Waals surface area contributed by atoms with Crippen LogP contribution in [0.4, 0.5) is 5.13 Å². The number of nitrogens with one attached hydrogen (secondary N) is 1. The second-order valence-corrected chi connectivity index (χ2v) is 8.90. The predicted molar refractivity (Wildman–Crippen MR) is 114 cm³/mol. The van der Waals surface area contributed by atoms with E-state index in [9.17, 15) is 9.59 Å². The summed E-state index contributed by atoms with van der Waals surface area (Å²) in [6.45, 7) is 2.20. The van der Waals surface area contributed by atoms with Crippen molar-refractivity contribution in [1.29, 1.82) is 0 Å². The molecule has 1 saturated heterocycles. The molecule has 27 heavy (non-hydrogen) atoms. The summed E-state index contributed by atoms with van der Waals surface area (Å²) in [5.41, 5.74) is 0.770. The maximum Gasteiger partial charge on any atom is 0.266 e. The molecule has 1 aromatic carbocycles. The summed E-state index contributed by atoms with van der Waals surface area (Å²) in [7, 11) is 0. The first kappa shape index (κ1) is 19.9. The van der Waals surface area contributed by atoms with E-state index in [0.717, 1.165) is 10.6 Å². The molecule has 1 aliphatic rings. The van der Waals surface area contributed by atoms with Crippen LogP contribution in [0.2, 0.25) is 5.02 Å². The lowest BCUT2D eigenvalue weighted by atomic mass is 10.2. The van der Waals surface area contributed by atoms with Gasteiger partial charge in [-0.3, -0.25) is 14.5 Å². The lowest BCUT2D eigenvalue weighted by molar-refractivity contribution is -0.122. The largest absolute Gasteiger partial charge is 0.301 e. The molecule has 0 bridgehead atoms. The number of carbonyl (C=O) groups is 2. The van der Waals surface area contributed by atoms with Crippen LogP contribution in [-0.4, -0.2) is 37.8 Å². The Kier molecular flexibility index (Phi) is 6.59. The molecular weight excluding hydrogens is 424 g/mol. The van der Waals surface area contributed by atoms with Crippen molar-refractivity contribution in [2.75, 3.05) is 11.9 Å². The first-order valence-electron chi connectivity index (χ1n) is 8.04.